The predicted octanol–water partition coefficient (Wildman–Crippen LogP) is 5.17. The first kappa shape index (κ1) is 29.3. The van der Waals surface area contributed by atoms with Crippen LogP contribution in [0.4, 0.5) is 0 Å². The van der Waals surface area contributed by atoms with Crippen molar-refractivity contribution in [1.82, 2.24) is 4.72 Å². The van der Waals surface area contributed by atoms with E-state index in [1.165, 1.54) is 7.11 Å². The van der Waals surface area contributed by atoms with Gasteiger partial charge < -0.3 is 9.47 Å². The average molecular weight is 543 g/mol. The molecule has 35 heavy (non-hydrogen) atoms. The summed E-state index contributed by atoms with van der Waals surface area (Å²) in [5.74, 6) is 0.658. The van der Waals surface area contributed by atoms with Gasteiger partial charge in [0.15, 0.2) is 0 Å². The molecule has 0 heterocycles. The van der Waals surface area contributed by atoms with Gasteiger partial charge in [-0.2, -0.15) is 4.40 Å². The molecule has 0 aliphatic rings. The topological polar surface area (TPSA) is 94.1 Å². The highest BCUT2D eigenvalue weighted by molar-refractivity contribution is 7.89. The molecule has 0 aliphatic carbocycles. The zero-order valence-electron chi connectivity index (χ0n) is 21.1. The molecule has 0 radical (unpaired) electrons. The number of nitrogens with zero attached hydrogens (tertiary/aromatic N) is 1. The number of benzene rings is 2. The molecule has 0 aromatic heterocycles. The lowest BCUT2D eigenvalue weighted by Crippen LogP contribution is -2.38. The monoisotopic (exact) mass is 542 g/mol. The fourth-order valence-corrected chi connectivity index (χ4v) is 5.42. The van der Waals surface area contributed by atoms with Gasteiger partial charge in [-0.25, -0.2) is 17.3 Å². The standard InChI is InChI=1S/C25H35ClN2O5S2/c1-18-9-15-21(16-10-18)35(30,31)28-23(19-11-13-20(32-5)14-12-19)22(8-7-17-26)24(33-6)27-34(29)25(2,3)4/h9-16,22-23,28H,7-8,17H2,1-6H3/b27-24-/t22-,23-,34?/m1/s1. The van der Waals surface area contributed by atoms with Crippen LogP contribution in [0.2, 0.25) is 0 Å². The molecule has 0 amide bonds. The zero-order chi connectivity index (χ0) is 26.2. The summed E-state index contributed by atoms with van der Waals surface area (Å²) in [6.07, 6.45) is 1.04. The zero-order valence-corrected chi connectivity index (χ0v) is 23.5. The number of alkyl halides is 1. The minimum absolute atomic E-state index is 0.145. The predicted molar refractivity (Wildman–Crippen MR) is 143 cm³/mol. The second-order valence-corrected chi connectivity index (χ2v) is 13.1. The molecule has 0 saturated heterocycles. The Morgan fingerprint density at radius 3 is 2.17 bits per heavy atom. The molecule has 10 heteroatoms. The molecular formula is C25H35ClN2O5S2. The summed E-state index contributed by atoms with van der Waals surface area (Å²) in [6, 6.07) is 13.0. The van der Waals surface area contributed by atoms with Crippen molar-refractivity contribution in [3.63, 3.8) is 0 Å². The Labute approximate surface area is 216 Å². The van der Waals surface area contributed by atoms with Gasteiger partial charge >= 0.3 is 0 Å². The minimum atomic E-state index is -3.91. The van der Waals surface area contributed by atoms with Gasteiger partial charge in [0.25, 0.3) is 0 Å². The highest BCUT2D eigenvalue weighted by Gasteiger charge is 2.34. The second-order valence-electron chi connectivity index (χ2n) is 9.12. The fraction of sp³-hybridized carbons (Fsp3) is 0.480. The highest BCUT2D eigenvalue weighted by atomic mass is 35.5. The number of methoxy groups -OCH3 is 2. The van der Waals surface area contributed by atoms with Gasteiger partial charge in [-0.1, -0.05) is 29.8 Å². The second kappa shape index (κ2) is 12.9. The van der Waals surface area contributed by atoms with E-state index in [0.717, 1.165) is 5.56 Å². The van der Waals surface area contributed by atoms with Crippen molar-refractivity contribution in [3.8, 4) is 5.75 Å². The highest BCUT2D eigenvalue weighted by Crippen LogP contribution is 2.32. The van der Waals surface area contributed by atoms with E-state index in [1.54, 1.807) is 55.6 Å². The number of aryl methyl sites for hydroxylation is 1. The average Bonchev–Trinajstić information content (AvgIpc) is 2.82. The van der Waals surface area contributed by atoms with Crippen LogP contribution in [0.3, 0.4) is 0 Å². The van der Waals surface area contributed by atoms with E-state index in [0.29, 0.717) is 30.0 Å². The van der Waals surface area contributed by atoms with Crippen LogP contribution >= 0.6 is 11.6 Å². The Morgan fingerprint density at radius 2 is 1.69 bits per heavy atom. The molecule has 1 N–H and O–H groups in total. The third-order valence-corrected chi connectivity index (χ3v) is 8.48. The molecule has 7 nitrogen and oxygen atoms in total. The van der Waals surface area contributed by atoms with E-state index in [2.05, 4.69) is 9.12 Å². The molecular weight excluding hydrogens is 508 g/mol. The number of sulfonamides is 1. The Kier molecular flexibility index (Phi) is 10.8. The van der Waals surface area contributed by atoms with E-state index in [1.807, 2.05) is 27.7 Å². The van der Waals surface area contributed by atoms with Crippen LogP contribution in [0.5, 0.6) is 5.75 Å². The van der Waals surface area contributed by atoms with Crippen molar-refractivity contribution in [2.45, 2.75) is 56.2 Å². The van der Waals surface area contributed by atoms with Crippen LogP contribution in [0, 0.1) is 12.8 Å². The molecule has 194 valence electrons. The number of ether oxygens (including phenoxy) is 2. The molecule has 0 spiro atoms. The van der Waals surface area contributed by atoms with E-state index in [9.17, 15) is 12.6 Å². The van der Waals surface area contributed by atoms with Crippen LogP contribution < -0.4 is 9.46 Å². The summed E-state index contributed by atoms with van der Waals surface area (Å²) < 4.78 is 57.2. The van der Waals surface area contributed by atoms with Gasteiger partial charge in [-0.15, -0.1) is 11.6 Å². The minimum Gasteiger partial charge on any atom is -0.497 e. The largest absolute Gasteiger partial charge is 0.497 e. The number of halogens is 1. The summed E-state index contributed by atoms with van der Waals surface area (Å²) in [5, 5.41) is 0. The van der Waals surface area contributed by atoms with Gasteiger partial charge in [0, 0.05) is 5.88 Å². The summed E-state index contributed by atoms with van der Waals surface area (Å²) in [4.78, 5) is 0.145. The van der Waals surface area contributed by atoms with Gasteiger partial charge in [-0.3, -0.25) is 0 Å². The molecule has 0 fully saturated rings. The SMILES string of the molecule is CO/C(=N\S(=O)C(C)(C)C)[C@H](CCCCl)[C@H](NS(=O)(=O)c1ccc(C)cc1)c1ccc(OC)cc1. The lowest BCUT2D eigenvalue weighted by atomic mass is 9.90. The normalized spacial score (nSPS) is 15.3. The van der Waals surface area contributed by atoms with E-state index < -0.39 is 37.7 Å². The van der Waals surface area contributed by atoms with E-state index in [-0.39, 0.29) is 10.8 Å². The number of rotatable bonds is 11. The van der Waals surface area contributed by atoms with Crippen molar-refractivity contribution in [2.24, 2.45) is 10.3 Å². The maximum Gasteiger partial charge on any atom is 0.241 e. The first-order valence-corrected chi connectivity index (χ1v) is 14.4. The lowest BCUT2D eigenvalue weighted by Gasteiger charge is -2.29. The van der Waals surface area contributed by atoms with Crippen LogP contribution in [0.15, 0.2) is 57.8 Å². The third-order valence-electron chi connectivity index (χ3n) is 5.36. The lowest BCUT2D eigenvalue weighted by molar-refractivity contribution is 0.332. The molecule has 0 aliphatic heterocycles. The quantitative estimate of drug-likeness (QED) is 0.240. The third kappa shape index (κ3) is 8.31. The van der Waals surface area contributed by atoms with Gasteiger partial charge in [0.1, 0.15) is 16.7 Å². The fourth-order valence-electron chi connectivity index (χ4n) is 3.35. The number of nitrogens with one attached hydrogen (secondary N) is 1. The first-order valence-electron chi connectivity index (χ1n) is 11.3. The molecule has 1 unspecified atom stereocenters. The van der Waals surface area contributed by atoms with Crippen molar-refractivity contribution in [1.29, 1.82) is 0 Å². The van der Waals surface area contributed by atoms with E-state index in [4.69, 9.17) is 21.1 Å². The molecule has 2 aromatic rings. The number of hydrogen-bond acceptors (Lipinski definition) is 5. The summed E-state index contributed by atoms with van der Waals surface area (Å²) in [7, 11) is -2.50. The van der Waals surface area contributed by atoms with Gasteiger partial charge in [0.05, 0.1) is 35.8 Å². The Morgan fingerprint density at radius 1 is 1.09 bits per heavy atom. The summed E-state index contributed by atoms with van der Waals surface area (Å²) in [5.41, 5.74) is 1.64. The molecule has 0 bridgehead atoms. The van der Waals surface area contributed by atoms with E-state index >= 15 is 0 Å². The Balaban J connectivity index is 2.63. The Hall–Kier alpha value is -1.94. The first-order chi connectivity index (χ1) is 16.4. The van der Waals surface area contributed by atoms with Crippen LogP contribution in [-0.4, -0.2) is 43.4 Å². The smallest absolute Gasteiger partial charge is 0.241 e. The van der Waals surface area contributed by atoms with Crippen LogP contribution in [0.1, 0.15) is 50.8 Å². The Bertz CT molecular complexity index is 1110. The van der Waals surface area contributed by atoms with Crippen LogP contribution in [-0.2, 0) is 25.7 Å². The van der Waals surface area contributed by atoms with Gasteiger partial charge in [0.2, 0.25) is 15.9 Å². The molecule has 2 aromatic carbocycles. The number of hydrogen-bond donors (Lipinski definition) is 1. The summed E-state index contributed by atoms with van der Waals surface area (Å²) in [6.45, 7) is 7.33. The van der Waals surface area contributed by atoms with Crippen molar-refractivity contribution in [3.05, 3.63) is 59.7 Å². The molecule has 3 atom stereocenters. The molecule has 0 saturated carbocycles. The maximum absolute atomic E-state index is 13.4. The van der Waals surface area contributed by atoms with Crippen LogP contribution in [0.25, 0.3) is 0 Å². The van der Waals surface area contributed by atoms with Crippen molar-refractivity contribution < 1.29 is 22.1 Å². The molecule has 2 rings (SSSR count). The summed E-state index contributed by atoms with van der Waals surface area (Å²) >= 11 is 6.01. The maximum atomic E-state index is 13.4. The van der Waals surface area contributed by atoms with Crippen molar-refractivity contribution in [2.75, 3.05) is 20.1 Å². The van der Waals surface area contributed by atoms with Gasteiger partial charge in [-0.05, 0) is 70.4 Å². The van der Waals surface area contributed by atoms with Crippen molar-refractivity contribution >= 4 is 38.5 Å².